The Hall–Kier alpha value is -4.26. The largest absolute Gasteiger partial charge is 0.489 e. The van der Waals surface area contributed by atoms with Gasteiger partial charge in [0.1, 0.15) is 24.1 Å². The Bertz CT molecular complexity index is 1410. The first-order chi connectivity index (χ1) is 17.8. The summed E-state index contributed by atoms with van der Waals surface area (Å²) in [7, 11) is 1.62. The highest BCUT2D eigenvalue weighted by Crippen LogP contribution is 2.31. The molecule has 37 heavy (non-hydrogen) atoms. The average molecular weight is 499 g/mol. The van der Waals surface area contributed by atoms with Crippen molar-refractivity contribution >= 4 is 17.5 Å². The van der Waals surface area contributed by atoms with Gasteiger partial charge in [-0.05, 0) is 60.9 Å². The molecule has 0 aliphatic carbocycles. The predicted octanol–water partition coefficient (Wildman–Crippen LogP) is 1.64. The van der Waals surface area contributed by atoms with E-state index in [9.17, 15) is 14.7 Å². The SMILES string of the molecule is Cc1ccc(Cc2ccnc(C(=O)N[C@H]3COc4ccc(C#CC5(O)COC5)cc4N(C)C3=O)c2)cn1. The third-order valence-electron chi connectivity index (χ3n) is 6.22. The van der Waals surface area contributed by atoms with Gasteiger partial charge in [-0.3, -0.25) is 19.6 Å². The highest BCUT2D eigenvalue weighted by molar-refractivity contribution is 6.03. The van der Waals surface area contributed by atoms with Crippen LogP contribution in [0.3, 0.4) is 0 Å². The van der Waals surface area contributed by atoms with Crippen molar-refractivity contribution in [1.82, 2.24) is 15.3 Å². The molecule has 0 bridgehead atoms. The summed E-state index contributed by atoms with van der Waals surface area (Å²) in [5, 5.41) is 12.9. The molecule has 2 amide bonds. The van der Waals surface area contributed by atoms with Gasteiger partial charge in [0.2, 0.25) is 0 Å². The van der Waals surface area contributed by atoms with Crippen LogP contribution in [0, 0.1) is 18.8 Å². The number of carbonyl (C=O) groups excluding carboxylic acids is 2. The molecule has 2 aliphatic rings. The molecule has 0 spiro atoms. The van der Waals surface area contributed by atoms with Crippen LogP contribution in [0.2, 0.25) is 0 Å². The minimum absolute atomic E-state index is 0.0290. The van der Waals surface area contributed by atoms with Gasteiger partial charge in [0.15, 0.2) is 5.60 Å². The van der Waals surface area contributed by atoms with Gasteiger partial charge in [-0.1, -0.05) is 17.9 Å². The molecule has 9 heteroatoms. The molecule has 0 unspecified atom stereocenters. The lowest BCUT2D eigenvalue weighted by molar-refractivity contribution is -0.140. The number of amides is 2. The van der Waals surface area contributed by atoms with Crippen molar-refractivity contribution in [3.63, 3.8) is 0 Å². The van der Waals surface area contributed by atoms with Gasteiger partial charge in [0.05, 0.1) is 18.9 Å². The van der Waals surface area contributed by atoms with E-state index in [-0.39, 0.29) is 31.4 Å². The first kappa shape index (κ1) is 24.4. The topological polar surface area (TPSA) is 114 Å². The van der Waals surface area contributed by atoms with Crippen LogP contribution in [0.25, 0.3) is 0 Å². The van der Waals surface area contributed by atoms with Crippen molar-refractivity contribution in [2.45, 2.75) is 25.0 Å². The van der Waals surface area contributed by atoms with Crippen LogP contribution >= 0.6 is 0 Å². The summed E-state index contributed by atoms with van der Waals surface area (Å²) < 4.78 is 10.9. The Balaban J connectivity index is 1.28. The zero-order valence-electron chi connectivity index (χ0n) is 20.5. The van der Waals surface area contributed by atoms with Crippen molar-refractivity contribution in [1.29, 1.82) is 0 Å². The normalized spacial score (nSPS) is 17.9. The molecular weight excluding hydrogens is 472 g/mol. The summed E-state index contributed by atoms with van der Waals surface area (Å²) in [4.78, 5) is 36.1. The second-order valence-corrected chi connectivity index (χ2v) is 9.23. The first-order valence-electron chi connectivity index (χ1n) is 11.8. The van der Waals surface area contributed by atoms with Crippen molar-refractivity contribution in [2.75, 3.05) is 31.8 Å². The Morgan fingerprint density at radius 3 is 2.76 bits per heavy atom. The van der Waals surface area contributed by atoms with E-state index in [1.807, 2.05) is 31.3 Å². The highest BCUT2D eigenvalue weighted by Gasteiger charge is 2.34. The van der Waals surface area contributed by atoms with E-state index in [2.05, 4.69) is 27.1 Å². The number of aliphatic hydroxyl groups is 1. The number of hydrogen-bond donors (Lipinski definition) is 2. The number of nitrogens with one attached hydrogen (secondary N) is 1. The number of benzene rings is 1. The van der Waals surface area contributed by atoms with Crippen molar-refractivity contribution in [3.8, 4) is 17.6 Å². The van der Waals surface area contributed by atoms with Gasteiger partial charge in [0.25, 0.3) is 11.8 Å². The Kier molecular flexibility index (Phi) is 6.61. The number of aryl methyl sites for hydroxylation is 1. The molecule has 5 rings (SSSR count). The first-order valence-corrected chi connectivity index (χ1v) is 11.8. The summed E-state index contributed by atoms with van der Waals surface area (Å²) in [6.07, 6.45) is 3.99. The second kappa shape index (κ2) is 10.0. The van der Waals surface area contributed by atoms with E-state index in [4.69, 9.17) is 9.47 Å². The molecule has 188 valence electrons. The van der Waals surface area contributed by atoms with Gasteiger partial charge in [-0.2, -0.15) is 0 Å². The molecule has 4 heterocycles. The van der Waals surface area contributed by atoms with E-state index in [0.29, 0.717) is 23.4 Å². The number of anilines is 1. The molecule has 1 fully saturated rings. The van der Waals surface area contributed by atoms with E-state index < -0.39 is 17.6 Å². The Labute approximate surface area is 214 Å². The number of carbonyl (C=O) groups is 2. The minimum Gasteiger partial charge on any atom is -0.489 e. The number of nitrogens with zero attached hydrogens (tertiary/aromatic N) is 3. The summed E-state index contributed by atoms with van der Waals surface area (Å²) >= 11 is 0. The molecule has 0 saturated carbocycles. The highest BCUT2D eigenvalue weighted by atomic mass is 16.5. The quantitative estimate of drug-likeness (QED) is 0.526. The van der Waals surface area contributed by atoms with E-state index in [1.165, 1.54) is 4.90 Å². The zero-order valence-corrected chi connectivity index (χ0v) is 20.5. The molecule has 1 aromatic carbocycles. The molecule has 3 aromatic rings. The van der Waals surface area contributed by atoms with Crippen LogP contribution in [0.1, 0.15) is 32.9 Å². The third kappa shape index (κ3) is 5.45. The Morgan fingerprint density at radius 2 is 2.03 bits per heavy atom. The van der Waals surface area contributed by atoms with Crippen molar-refractivity contribution in [2.24, 2.45) is 0 Å². The number of likely N-dealkylation sites (N-methyl/N-ethyl adjacent to an activating group) is 1. The fourth-order valence-electron chi connectivity index (χ4n) is 4.01. The zero-order chi connectivity index (χ0) is 26.0. The molecule has 2 aromatic heterocycles. The lowest BCUT2D eigenvalue weighted by atomic mass is 10.0. The van der Waals surface area contributed by atoms with Crippen LogP contribution in [0.15, 0.2) is 54.9 Å². The monoisotopic (exact) mass is 498 g/mol. The molecule has 2 aliphatic heterocycles. The third-order valence-corrected chi connectivity index (χ3v) is 6.22. The minimum atomic E-state index is -1.14. The number of fused-ring (bicyclic) bond motifs is 1. The van der Waals surface area contributed by atoms with Crippen LogP contribution in [-0.4, -0.2) is 65.4 Å². The van der Waals surface area contributed by atoms with Gasteiger partial charge >= 0.3 is 0 Å². The molecular formula is C28H26N4O5. The van der Waals surface area contributed by atoms with Crippen LogP contribution in [0.4, 0.5) is 5.69 Å². The molecule has 9 nitrogen and oxygen atoms in total. The molecule has 2 N–H and O–H groups in total. The standard InChI is InChI=1S/C28H26N4O5/c1-18-3-4-21(14-30-18)11-20-8-10-29-22(12-20)26(33)31-23-15-37-25-6-5-19(7-9-28(35)16-36-17-28)13-24(25)32(2)27(23)34/h3-6,8,10,12-14,23,35H,11,15-17H2,1-2H3,(H,31,33)/t23-/m0/s1. The Morgan fingerprint density at radius 1 is 1.19 bits per heavy atom. The van der Waals surface area contributed by atoms with Crippen molar-refractivity contribution in [3.05, 3.63) is 82.9 Å². The summed E-state index contributed by atoms with van der Waals surface area (Å²) in [5.41, 5.74) is 3.09. The van der Waals surface area contributed by atoms with Gasteiger partial charge in [-0.25, -0.2) is 0 Å². The van der Waals surface area contributed by atoms with Crippen molar-refractivity contribution < 1.29 is 24.2 Å². The van der Waals surface area contributed by atoms with E-state index in [0.717, 1.165) is 16.8 Å². The molecule has 0 radical (unpaired) electrons. The van der Waals surface area contributed by atoms with Gasteiger partial charge < -0.3 is 24.8 Å². The predicted molar refractivity (Wildman–Crippen MR) is 135 cm³/mol. The lowest BCUT2D eigenvalue weighted by Crippen LogP contribution is -2.49. The maximum Gasteiger partial charge on any atom is 0.270 e. The maximum absolute atomic E-state index is 13.2. The smallest absolute Gasteiger partial charge is 0.270 e. The fraction of sp³-hybridized carbons (Fsp3) is 0.286. The van der Waals surface area contributed by atoms with Gasteiger partial charge in [-0.15, -0.1) is 0 Å². The molecule has 1 saturated heterocycles. The number of aromatic nitrogens is 2. The maximum atomic E-state index is 13.2. The van der Waals surface area contributed by atoms with Crippen LogP contribution in [0.5, 0.6) is 5.75 Å². The van der Waals surface area contributed by atoms with Crippen LogP contribution in [-0.2, 0) is 16.0 Å². The fourth-order valence-corrected chi connectivity index (χ4v) is 4.01. The number of pyridine rings is 2. The second-order valence-electron chi connectivity index (χ2n) is 9.23. The van der Waals surface area contributed by atoms with E-state index >= 15 is 0 Å². The number of rotatable bonds is 4. The number of hydrogen-bond acceptors (Lipinski definition) is 7. The van der Waals surface area contributed by atoms with Crippen LogP contribution < -0.4 is 15.0 Å². The summed E-state index contributed by atoms with van der Waals surface area (Å²) in [5.74, 6) is 5.43. The summed E-state index contributed by atoms with van der Waals surface area (Å²) in [6.45, 7) is 2.25. The summed E-state index contributed by atoms with van der Waals surface area (Å²) in [6, 6.07) is 11.8. The number of ether oxygens (including phenoxy) is 2. The van der Waals surface area contributed by atoms with Gasteiger partial charge in [0, 0.05) is 30.7 Å². The lowest BCUT2D eigenvalue weighted by Gasteiger charge is -2.30. The average Bonchev–Trinajstić information content (AvgIpc) is 3.00. The van der Waals surface area contributed by atoms with E-state index in [1.54, 1.807) is 37.5 Å². The molecule has 1 atom stereocenters.